The Kier molecular flexibility index (Phi) is 10.4. The summed E-state index contributed by atoms with van der Waals surface area (Å²) in [7, 11) is 0. The van der Waals surface area contributed by atoms with Crippen molar-refractivity contribution in [3.63, 3.8) is 0 Å². The first-order valence-electron chi connectivity index (χ1n) is 10.5. The predicted octanol–water partition coefficient (Wildman–Crippen LogP) is 7.76. The van der Waals surface area contributed by atoms with E-state index < -0.39 is 0 Å². The second-order valence-electron chi connectivity index (χ2n) is 7.18. The van der Waals surface area contributed by atoms with Crippen molar-refractivity contribution < 1.29 is 0 Å². The van der Waals surface area contributed by atoms with E-state index in [4.69, 9.17) is 0 Å². The number of nitrogens with one attached hydrogen (secondary N) is 2. The zero-order valence-electron chi connectivity index (χ0n) is 16.5. The number of para-hydroxylation sites is 1. The van der Waals surface area contributed by atoms with E-state index >= 15 is 0 Å². The van der Waals surface area contributed by atoms with Gasteiger partial charge in [0.1, 0.15) is 0 Å². The Hall–Kier alpha value is -1.96. The van der Waals surface area contributed by atoms with E-state index in [-0.39, 0.29) is 0 Å². The lowest BCUT2D eigenvalue weighted by Gasteiger charge is -2.09. The van der Waals surface area contributed by atoms with Gasteiger partial charge in [0.05, 0.1) is 0 Å². The molecule has 2 nitrogen and oxygen atoms in total. The van der Waals surface area contributed by atoms with Crippen LogP contribution in [0.25, 0.3) is 0 Å². The van der Waals surface area contributed by atoms with Crippen LogP contribution in [0.5, 0.6) is 0 Å². The molecule has 0 atom stereocenters. The molecule has 26 heavy (non-hydrogen) atoms. The van der Waals surface area contributed by atoms with Crippen molar-refractivity contribution in [3.8, 4) is 0 Å². The van der Waals surface area contributed by atoms with Gasteiger partial charge in [-0.2, -0.15) is 0 Å². The maximum atomic E-state index is 3.53. The normalized spacial score (nSPS) is 10.7. The Morgan fingerprint density at radius 1 is 0.538 bits per heavy atom. The van der Waals surface area contributed by atoms with Crippen molar-refractivity contribution >= 4 is 17.1 Å². The Labute approximate surface area is 160 Å². The number of hydrogen-bond donors (Lipinski definition) is 2. The highest BCUT2D eigenvalue weighted by Gasteiger charge is 1.96. The average Bonchev–Trinajstić information content (AvgIpc) is 2.68. The van der Waals surface area contributed by atoms with Gasteiger partial charge >= 0.3 is 0 Å². The standard InChI is InChI=1S/C24H36N2/c1-2-3-4-5-6-7-8-9-10-14-21-25-22-17-19-24(20-18-22)26-23-15-12-11-13-16-23/h11-13,15-20,25-26H,2-10,14,21H2,1H3. The summed E-state index contributed by atoms with van der Waals surface area (Å²) in [5.41, 5.74) is 3.46. The molecule has 2 aromatic carbocycles. The molecule has 142 valence electrons. The summed E-state index contributed by atoms with van der Waals surface area (Å²) in [5, 5.41) is 6.95. The minimum atomic E-state index is 1.07. The van der Waals surface area contributed by atoms with Gasteiger partial charge in [-0.25, -0.2) is 0 Å². The molecule has 0 saturated carbocycles. The Morgan fingerprint density at radius 3 is 1.65 bits per heavy atom. The van der Waals surface area contributed by atoms with Gasteiger partial charge in [-0.05, 0) is 42.8 Å². The summed E-state index contributed by atoms with van der Waals surface area (Å²) in [6.45, 7) is 3.35. The van der Waals surface area contributed by atoms with Crippen molar-refractivity contribution in [1.82, 2.24) is 0 Å². The van der Waals surface area contributed by atoms with Gasteiger partial charge in [0.2, 0.25) is 0 Å². The Balaban J connectivity index is 1.49. The maximum absolute atomic E-state index is 3.53. The molecule has 0 amide bonds. The molecule has 0 heterocycles. The fraction of sp³-hybridized carbons (Fsp3) is 0.500. The van der Waals surface area contributed by atoms with Crippen LogP contribution in [0.3, 0.4) is 0 Å². The van der Waals surface area contributed by atoms with E-state index in [1.165, 1.54) is 69.9 Å². The van der Waals surface area contributed by atoms with Crippen LogP contribution in [-0.4, -0.2) is 6.54 Å². The number of unbranched alkanes of at least 4 members (excludes halogenated alkanes) is 9. The highest BCUT2D eigenvalue weighted by atomic mass is 14.9. The molecule has 0 spiro atoms. The third-order valence-electron chi connectivity index (χ3n) is 4.81. The van der Waals surface area contributed by atoms with E-state index in [1.54, 1.807) is 0 Å². The molecule has 0 unspecified atom stereocenters. The third-order valence-corrected chi connectivity index (χ3v) is 4.81. The summed E-state index contributed by atoms with van der Waals surface area (Å²) in [6, 6.07) is 18.9. The molecule has 0 saturated heterocycles. The van der Waals surface area contributed by atoms with Crippen LogP contribution < -0.4 is 10.6 Å². The van der Waals surface area contributed by atoms with E-state index in [1.807, 2.05) is 18.2 Å². The lowest BCUT2D eigenvalue weighted by atomic mass is 10.1. The Bertz CT molecular complexity index is 563. The lowest BCUT2D eigenvalue weighted by molar-refractivity contribution is 0.560. The van der Waals surface area contributed by atoms with Crippen molar-refractivity contribution in [2.24, 2.45) is 0 Å². The molecule has 2 rings (SSSR count). The van der Waals surface area contributed by atoms with Gasteiger partial charge in [0, 0.05) is 23.6 Å². The van der Waals surface area contributed by atoms with Gasteiger partial charge in [-0.3, -0.25) is 0 Å². The largest absolute Gasteiger partial charge is 0.385 e. The second kappa shape index (κ2) is 13.3. The van der Waals surface area contributed by atoms with Crippen molar-refractivity contribution in [1.29, 1.82) is 0 Å². The summed E-state index contributed by atoms with van der Waals surface area (Å²) >= 11 is 0. The molecule has 2 heteroatoms. The second-order valence-corrected chi connectivity index (χ2v) is 7.18. The molecular formula is C24H36N2. The zero-order valence-corrected chi connectivity index (χ0v) is 16.5. The van der Waals surface area contributed by atoms with Crippen LogP contribution in [0.1, 0.15) is 71.1 Å². The van der Waals surface area contributed by atoms with E-state index in [0.29, 0.717) is 0 Å². The predicted molar refractivity (Wildman–Crippen MR) is 117 cm³/mol. The first-order valence-corrected chi connectivity index (χ1v) is 10.5. The molecule has 0 radical (unpaired) electrons. The molecule has 0 aromatic heterocycles. The summed E-state index contributed by atoms with van der Waals surface area (Å²) in [4.78, 5) is 0. The fourth-order valence-electron chi connectivity index (χ4n) is 3.20. The van der Waals surface area contributed by atoms with Crippen molar-refractivity contribution in [2.75, 3.05) is 17.2 Å². The van der Waals surface area contributed by atoms with Crippen molar-refractivity contribution in [2.45, 2.75) is 71.1 Å². The summed E-state index contributed by atoms with van der Waals surface area (Å²) in [6.07, 6.45) is 13.9. The van der Waals surface area contributed by atoms with E-state index in [0.717, 1.165) is 17.9 Å². The fourth-order valence-corrected chi connectivity index (χ4v) is 3.20. The van der Waals surface area contributed by atoms with Gasteiger partial charge in [0.25, 0.3) is 0 Å². The summed E-state index contributed by atoms with van der Waals surface area (Å²) < 4.78 is 0. The van der Waals surface area contributed by atoms with Crippen LogP contribution in [0.15, 0.2) is 54.6 Å². The van der Waals surface area contributed by atoms with Gasteiger partial charge in [-0.15, -0.1) is 0 Å². The molecule has 0 aliphatic heterocycles. The minimum absolute atomic E-state index is 1.07. The van der Waals surface area contributed by atoms with Gasteiger partial charge in [-0.1, -0.05) is 82.9 Å². The zero-order chi connectivity index (χ0) is 18.3. The number of hydrogen-bond acceptors (Lipinski definition) is 2. The van der Waals surface area contributed by atoms with Crippen LogP contribution in [0, 0.1) is 0 Å². The van der Waals surface area contributed by atoms with Crippen molar-refractivity contribution in [3.05, 3.63) is 54.6 Å². The molecule has 2 aromatic rings. The van der Waals surface area contributed by atoms with Crippen LogP contribution in [0.4, 0.5) is 17.1 Å². The summed E-state index contributed by atoms with van der Waals surface area (Å²) in [5.74, 6) is 0. The first kappa shape index (κ1) is 20.4. The molecule has 0 bridgehead atoms. The third kappa shape index (κ3) is 8.94. The molecule has 0 fully saturated rings. The SMILES string of the molecule is CCCCCCCCCCCCNc1ccc(Nc2ccccc2)cc1. The minimum Gasteiger partial charge on any atom is -0.385 e. The molecule has 2 N–H and O–H groups in total. The van der Waals surface area contributed by atoms with Crippen LogP contribution in [-0.2, 0) is 0 Å². The average molecular weight is 353 g/mol. The highest BCUT2D eigenvalue weighted by Crippen LogP contribution is 2.18. The Morgan fingerprint density at radius 2 is 1.04 bits per heavy atom. The van der Waals surface area contributed by atoms with Crippen LogP contribution in [0.2, 0.25) is 0 Å². The number of rotatable bonds is 14. The first-order chi connectivity index (χ1) is 12.9. The lowest BCUT2D eigenvalue weighted by Crippen LogP contribution is -2.01. The number of benzene rings is 2. The smallest absolute Gasteiger partial charge is 0.0385 e. The van der Waals surface area contributed by atoms with Gasteiger partial charge in [0.15, 0.2) is 0 Å². The topological polar surface area (TPSA) is 24.1 Å². The van der Waals surface area contributed by atoms with Crippen LogP contribution >= 0.6 is 0 Å². The van der Waals surface area contributed by atoms with E-state index in [9.17, 15) is 0 Å². The van der Waals surface area contributed by atoms with Gasteiger partial charge < -0.3 is 10.6 Å². The highest BCUT2D eigenvalue weighted by molar-refractivity contribution is 5.62. The molecule has 0 aliphatic carbocycles. The molecule has 0 aliphatic rings. The molecular weight excluding hydrogens is 316 g/mol. The number of anilines is 3. The maximum Gasteiger partial charge on any atom is 0.0385 e. The van der Waals surface area contributed by atoms with E-state index in [2.05, 4.69) is 54.0 Å². The quantitative estimate of drug-likeness (QED) is 0.339. The monoisotopic (exact) mass is 352 g/mol.